The fourth-order valence-corrected chi connectivity index (χ4v) is 2.09. The van der Waals surface area contributed by atoms with E-state index < -0.39 is 0 Å². The molecule has 0 saturated heterocycles. The van der Waals surface area contributed by atoms with Crippen LogP contribution in [0.2, 0.25) is 5.02 Å². The van der Waals surface area contributed by atoms with Gasteiger partial charge in [-0.3, -0.25) is 0 Å². The molecule has 0 aromatic heterocycles. The monoisotopic (exact) mass is 248 g/mol. The van der Waals surface area contributed by atoms with Gasteiger partial charge in [0.1, 0.15) is 5.75 Å². The third-order valence-electron chi connectivity index (χ3n) is 2.63. The first-order valence-corrected chi connectivity index (χ1v) is 5.51. The molecule has 0 bridgehead atoms. The molecule has 2 aromatic carbocycles. The predicted molar refractivity (Wildman–Crippen MR) is 64.7 cm³/mol. The van der Waals surface area contributed by atoms with Gasteiger partial charge in [0.25, 0.3) is 0 Å². The van der Waals surface area contributed by atoms with Gasteiger partial charge in [0.15, 0.2) is 11.5 Å². The molecule has 1 aliphatic rings. The highest BCUT2D eigenvalue weighted by molar-refractivity contribution is 6.31. The first kappa shape index (κ1) is 10.3. The van der Waals surface area contributed by atoms with Gasteiger partial charge in [-0.05, 0) is 12.1 Å². The van der Waals surface area contributed by atoms with E-state index in [1.165, 1.54) is 0 Å². The van der Waals surface area contributed by atoms with Crippen LogP contribution in [-0.4, -0.2) is 11.9 Å². The minimum atomic E-state index is 0.177. The van der Waals surface area contributed by atoms with Crippen molar-refractivity contribution < 1.29 is 14.6 Å². The van der Waals surface area contributed by atoms with E-state index in [1.54, 1.807) is 24.3 Å². The number of halogens is 1. The Hall–Kier alpha value is -1.87. The van der Waals surface area contributed by atoms with Gasteiger partial charge in [-0.2, -0.15) is 0 Å². The SMILES string of the molecule is Oc1ccccc1-c1cc(Cl)cc2c1OCO2. The number of benzene rings is 2. The minimum Gasteiger partial charge on any atom is -0.507 e. The largest absolute Gasteiger partial charge is 0.507 e. The van der Waals surface area contributed by atoms with Crippen molar-refractivity contribution in [2.45, 2.75) is 0 Å². The Morgan fingerprint density at radius 2 is 1.88 bits per heavy atom. The van der Waals surface area contributed by atoms with Gasteiger partial charge in [0.2, 0.25) is 6.79 Å². The molecule has 0 spiro atoms. The number of para-hydroxylation sites is 1. The zero-order chi connectivity index (χ0) is 11.8. The fourth-order valence-electron chi connectivity index (χ4n) is 1.88. The quantitative estimate of drug-likeness (QED) is 0.840. The summed E-state index contributed by atoms with van der Waals surface area (Å²) in [6.45, 7) is 0.177. The Kier molecular flexibility index (Phi) is 2.34. The second kappa shape index (κ2) is 3.86. The standard InChI is InChI=1S/C13H9ClO3/c14-8-5-10(9-3-1-2-4-11(9)15)13-12(6-8)16-7-17-13/h1-6,15H,7H2. The molecule has 86 valence electrons. The molecule has 0 fully saturated rings. The summed E-state index contributed by atoms with van der Waals surface area (Å²) in [4.78, 5) is 0. The third kappa shape index (κ3) is 1.68. The van der Waals surface area contributed by atoms with E-state index >= 15 is 0 Å². The Balaban J connectivity index is 2.25. The van der Waals surface area contributed by atoms with Gasteiger partial charge in [0, 0.05) is 22.2 Å². The lowest BCUT2D eigenvalue weighted by Gasteiger charge is -2.08. The van der Waals surface area contributed by atoms with Crippen molar-refractivity contribution in [3.63, 3.8) is 0 Å². The lowest BCUT2D eigenvalue weighted by molar-refractivity contribution is 0.174. The summed E-state index contributed by atoms with van der Waals surface area (Å²) >= 11 is 6.01. The van der Waals surface area contributed by atoms with E-state index in [1.807, 2.05) is 12.1 Å². The van der Waals surface area contributed by atoms with Gasteiger partial charge < -0.3 is 14.6 Å². The van der Waals surface area contributed by atoms with Crippen molar-refractivity contribution in [2.75, 3.05) is 6.79 Å². The topological polar surface area (TPSA) is 38.7 Å². The highest BCUT2D eigenvalue weighted by atomic mass is 35.5. The zero-order valence-corrected chi connectivity index (χ0v) is 9.57. The number of rotatable bonds is 1. The predicted octanol–water partition coefficient (Wildman–Crippen LogP) is 3.44. The molecule has 17 heavy (non-hydrogen) atoms. The second-order valence-corrected chi connectivity index (χ2v) is 4.14. The van der Waals surface area contributed by atoms with Gasteiger partial charge in [-0.1, -0.05) is 29.8 Å². The van der Waals surface area contributed by atoms with Gasteiger partial charge in [-0.25, -0.2) is 0 Å². The van der Waals surface area contributed by atoms with Crippen LogP contribution >= 0.6 is 11.6 Å². The first-order chi connectivity index (χ1) is 8.25. The number of fused-ring (bicyclic) bond motifs is 1. The lowest BCUT2D eigenvalue weighted by Crippen LogP contribution is -1.93. The van der Waals surface area contributed by atoms with Crippen LogP contribution in [0.25, 0.3) is 11.1 Å². The van der Waals surface area contributed by atoms with Crippen LogP contribution in [0, 0.1) is 0 Å². The van der Waals surface area contributed by atoms with Crippen molar-refractivity contribution >= 4 is 11.6 Å². The van der Waals surface area contributed by atoms with E-state index in [0.29, 0.717) is 22.1 Å². The van der Waals surface area contributed by atoms with E-state index in [2.05, 4.69) is 0 Å². The summed E-state index contributed by atoms with van der Waals surface area (Å²) in [6, 6.07) is 10.5. The number of phenols is 1. The number of hydrogen-bond donors (Lipinski definition) is 1. The van der Waals surface area contributed by atoms with Gasteiger partial charge >= 0.3 is 0 Å². The van der Waals surface area contributed by atoms with E-state index in [-0.39, 0.29) is 12.5 Å². The van der Waals surface area contributed by atoms with Crippen LogP contribution in [0.3, 0.4) is 0 Å². The van der Waals surface area contributed by atoms with Crippen LogP contribution in [0.5, 0.6) is 17.2 Å². The highest BCUT2D eigenvalue weighted by Crippen LogP contribution is 2.45. The van der Waals surface area contributed by atoms with E-state index in [9.17, 15) is 5.11 Å². The van der Waals surface area contributed by atoms with Crippen LogP contribution in [0.1, 0.15) is 0 Å². The molecule has 0 aliphatic carbocycles. The lowest BCUT2D eigenvalue weighted by atomic mass is 10.0. The maximum absolute atomic E-state index is 9.85. The van der Waals surface area contributed by atoms with Crippen molar-refractivity contribution in [3.05, 3.63) is 41.4 Å². The zero-order valence-electron chi connectivity index (χ0n) is 8.81. The number of hydrogen-bond acceptors (Lipinski definition) is 3. The molecule has 0 saturated carbocycles. The third-order valence-corrected chi connectivity index (χ3v) is 2.85. The molecule has 0 unspecified atom stereocenters. The molecule has 4 heteroatoms. The highest BCUT2D eigenvalue weighted by Gasteiger charge is 2.21. The number of aromatic hydroxyl groups is 1. The molecule has 3 nitrogen and oxygen atoms in total. The molecular weight excluding hydrogens is 240 g/mol. The van der Waals surface area contributed by atoms with Gasteiger partial charge in [-0.15, -0.1) is 0 Å². The summed E-state index contributed by atoms with van der Waals surface area (Å²) in [5, 5.41) is 10.4. The molecule has 0 atom stereocenters. The average Bonchev–Trinajstić information content (AvgIpc) is 2.76. The average molecular weight is 249 g/mol. The Bertz CT molecular complexity index is 581. The Labute approximate surface area is 103 Å². The normalized spacial score (nSPS) is 12.8. The first-order valence-electron chi connectivity index (χ1n) is 5.13. The van der Waals surface area contributed by atoms with Crippen molar-refractivity contribution in [1.82, 2.24) is 0 Å². The molecule has 1 N–H and O–H groups in total. The molecule has 3 rings (SSSR count). The Morgan fingerprint density at radius 3 is 2.71 bits per heavy atom. The number of ether oxygens (including phenoxy) is 2. The maximum Gasteiger partial charge on any atom is 0.231 e. The van der Waals surface area contributed by atoms with E-state index in [0.717, 1.165) is 5.56 Å². The summed E-state index contributed by atoms with van der Waals surface area (Å²) in [7, 11) is 0. The summed E-state index contributed by atoms with van der Waals surface area (Å²) in [6.07, 6.45) is 0. The summed E-state index contributed by atoms with van der Waals surface area (Å²) in [5.41, 5.74) is 1.42. The van der Waals surface area contributed by atoms with E-state index in [4.69, 9.17) is 21.1 Å². The molecule has 1 aliphatic heterocycles. The molecule has 1 heterocycles. The molecule has 0 radical (unpaired) electrons. The molecule has 0 amide bonds. The van der Waals surface area contributed by atoms with Crippen molar-refractivity contribution in [2.24, 2.45) is 0 Å². The summed E-state index contributed by atoms with van der Waals surface area (Å²) < 4.78 is 10.7. The Morgan fingerprint density at radius 1 is 1.06 bits per heavy atom. The van der Waals surface area contributed by atoms with Crippen molar-refractivity contribution in [1.29, 1.82) is 0 Å². The molecular formula is C13H9ClO3. The maximum atomic E-state index is 9.85. The van der Waals surface area contributed by atoms with Crippen LogP contribution in [-0.2, 0) is 0 Å². The fraction of sp³-hybridized carbons (Fsp3) is 0.0769. The van der Waals surface area contributed by atoms with Crippen molar-refractivity contribution in [3.8, 4) is 28.4 Å². The minimum absolute atomic E-state index is 0.177. The van der Waals surface area contributed by atoms with Crippen LogP contribution in [0.15, 0.2) is 36.4 Å². The summed E-state index contributed by atoms with van der Waals surface area (Å²) in [5.74, 6) is 1.42. The second-order valence-electron chi connectivity index (χ2n) is 3.70. The van der Waals surface area contributed by atoms with Crippen LogP contribution in [0.4, 0.5) is 0 Å². The molecule has 2 aromatic rings. The smallest absolute Gasteiger partial charge is 0.231 e. The number of phenolic OH excluding ortho intramolecular Hbond substituents is 1. The van der Waals surface area contributed by atoms with Crippen LogP contribution < -0.4 is 9.47 Å². The van der Waals surface area contributed by atoms with Gasteiger partial charge in [0.05, 0.1) is 0 Å².